The van der Waals surface area contributed by atoms with E-state index >= 15 is 0 Å². The first kappa shape index (κ1) is 48.3. The monoisotopic (exact) mass is 712 g/mol. The van der Waals surface area contributed by atoms with Gasteiger partial charge in [-0.3, -0.25) is 9.59 Å². The third kappa shape index (κ3) is 32.3. The molecule has 8 nitrogen and oxygen atoms in total. The molecule has 0 saturated carbocycles. The molecule has 0 aliphatic heterocycles. The maximum absolute atomic E-state index is 12.7. The van der Waals surface area contributed by atoms with Gasteiger partial charge in [0.1, 0.15) is 12.6 Å². The van der Waals surface area contributed by atoms with E-state index in [1.807, 2.05) is 0 Å². The smallest absolute Gasteiger partial charge is 0.306 e. The minimum absolute atomic E-state index is 0.0489. The Balaban J connectivity index is 4.34. The van der Waals surface area contributed by atoms with Gasteiger partial charge in [-0.1, -0.05) is 168 Å². The van der Waals surface area contributed by atoms with Crippen molar-refractivity contribution >= 4 is 17.9 Å². The van der Waals surface area contributed by atoms with Crippen molar-refractivity contribution in [3.63, 3.8) is 0 Å². The van der Waals surface area contributed by atoms with Crippen LogP contribution < -0.4 is 5.11 Å². The number of likely N-dealkylation sites (N-methyl/N-ethyl adjacent to an activating group) is 1. The molecular formula is C42H81NO7. The second-order valence-electron chi connectivity index (χ2n) is 15.6. The van der Waals surface area contributed by atoms with Gasteiger partial charge < -0.3 is 28.6 Å². The first-order valence-corrected chi connectivity index (χ1v) is 21.1. The average Bonchev–Trinajstić information content (AvgIpc) is 3.06. The predicted molar refractivity (Wildman–Crippen MR) is 204 cm³/mol. The highest BCUT2D eigenvalue weighted by atomic mass is 16.6. The summed E-state index contributed by atoms with van der Waals surface area (Å²) in [7, 11) is 5.41. The van der Waals surface area contributed by atoms with Crippen LogP contribution in [-0.2, 0) is 28.6 Å². The summed E-state index contributed by atoms with van der Waals surface area (Å²) in [5.41, 5.74) is 0. The van der Waals surface area contributed by atoms with Gasteiger partial charge in [-0.25, -0.2) is 0 Å². The Morgan fingerprint density at radius 2 is 0.880 bits per heavy atom. The van der Waals surface area contributed by atoms with Crippen LogP contribution in [0.5, 0.6) is 0 Å². The molecule has 1 unspecified atom stereocenters. The van der Waals surface area contributed by atoms with Gasteiger partial charge in [0.05, 0.1) is 40.3 Å². The molecule has 0 radical (unpaired) electrons. The van der Waals surface area contributed by atoms with E-state index in [0.29, 0.717) is 12.8 Å². The average molecular weight is 712 g/mol. The Morgan fingerprint density at radius 3 is 1.24 bits per heavy atom. The number of carboxylic acids is 1. The number of esters is 2. The van der Waals surface area contributed by atoms with Crippen molar-refractivity contribution in [2.75, 3.05) is 41.0 Å². The van der Waals surface area contributed by atoms with Crippen LogP contribution in [0.3, 0.4) is 0 Å². The number of carbonyl (C=O) groups excluding carboxylic acids is 3. The lowest BCUT2D eigenvalue weighted by Crippen LogP contribution is -2.55. The second-order valence-corrected chi connectivity index (χ2v) is 15.6. The molecule has 0 spiro atoms. The number of aliphatic carboxylic acids is 1. The topological polar surface area (TPSA) is 102 Å². The summed E-state index contributed by atoms with van der Waals surface area (Å²) in [5, 5.41) is 11.6. The molecule has 0 aliphatic carbocycles. The lowest BCUT2D eigenvalue weighted by atomic mass is 10.0. The van der Waals surface area contributed by atoms with Crippen LogP contribution in [0.2, 0.25) is 0 Å². The van der Waals surface area contributed by atoms with Crippen LogP contribution in [0.25, 0.3) is 0 Å². The predicted octanol–water partition coefficient (Wildman–Crippen LogP) is 9.64. The molecule has 0 aromatic carbocycles. The van der Waals surface area contributed by atoms with E-state index in [1.54, 1.807) is 21.1 Å². The fourth-order valence-electron chi connectivity index (χ4n) is 6.42. The zero-order valence-electron chi connectivity index (χ0n) is 33.6. The maximum atomic E-state index is 12.7. The van der Waals surface area contributed by atoms with Crippen molar-refractivity contribution in [2.45, 2.75) is 212 Å². The van der Waals surface area contributed by atoms with Gasteiger partial charge >= 0.3 is 11.9 Å². The van der Waals surface area contributed by atoms with Crippen LogP contribution >= 0.6 is 0 Å². The minimum Gasteiger partial charge on any atom is -0.544 e. The Bertz CT molecular complexity index is 797. The minimum atomic E-state index is -1.12. The standard InChI is InChI=1S/C42H81NO7/c1-6-8-10-12-14-16-18-20-22-24-26-28-30-32-40(44)49-37-38(36-48-35-34-39(42(46)47)43(3,4)5)50-41(45)33-31-29-27-25-23-21-19-17-15-13-11-9-7-2/h38-39H,6-37H2,1-5H3/t38-,39?/m0/s1. The first-order valence-electron chi connectivity index (χ1n) is 21.1. The molecule has 0 saturated heterocycles. The summed E-state index contributed by atoms with van der Waals surface area (Å²) in [5.74, 6) is -1.72. The number of carboxylic acid groups (broad SMARTS) is 1. The summed E-state index contributed by atoms with van der Waals surface area (Å²) in [6.07, 6.45) is 32.6. The summed E-state index contributed by atoms with van der Waals surface area (Å²) in [6, 6.07) is -0.718. The molecule has 2 atom stereocenters. The number of quaternary nitrogens is 1. The number of nitrogens with zero attached hydrogens (tertiary/aromatic N) is 1. The molecule has 0 heterocycles. The van der Waals surface area contributed by atoms with Gasteiger partial charge in [0, 0.05) is 19.3 Å². The van der Waals surface area contributed by atoms with Gasteiger partial charge in [-0.15, -0.1) is 0 Å². The summed E-state index contributed by atoms with van der Waals surface area (Å²) in [4.78, 5) is 36.7. The van der Waals surface area contributed by atoms with Crippen molar-refractivity contribution in [2.24, 2.45) is 0 Å². The number of hydrogen-bond acceptors (Lipinski definition) is 7. The Kier molecular flexibility index (Phi) is 33.3. The summed E-state index contributed by atoms with van der Waals surface area (Å²) >= 11 is 0. The van der Waals surface area contributed by atoms with Gasteiger partial charge in [0.15, 0.2) is 6.10 Å². The van der Waals surface area contributed by atoms with E-state index in [-0.39, 0.29) is 42.7 Å². The van der Waals surface area contributed by atoms with E-state index in [0.717, 1.165) is 38.5 Å². The first-order chi connectivity index (χ1) is 24.1. The zero-order valence-corrected chi connectivity index (χ0v) is 33.6. The largest absolute Gasteiger partial charge is 0.544 e. The van der Waals surface area contributed by atoms with E-state index in [1.165, 1.54) is 128 Å². The van der Waals surface area contributed by atoms with Crippen LogP contribution in [0, 0.1) is 0 Å². The van der Waals surface area contributed by atoms with Crippen LogP contribution in [-0.4, -0.2) is 75.5 Å². The normalized spacial score (nSPS) is 12.9. The molecule has 0 amide bonds. The molecule has 296 valence electrons. The number of unbranched alkanes of at least 4 members (excludes halogenated alkanes) is 24. The number of rotatable bonds is 38. The lowest BCUT2D eigenvalue weighted by molar-refractivity contribution is -0.889. The molecule has 0 aromatic rings. The van der Waals surface area contributed by atoms with Crippen molar-refractivity contribution in [3.05, 3.63) is 0 Å². The molecule has 0 aromatic heterocycles. The highest BCUT2D eigenvalue weighted by molar-refractivity contribution is 5.70. The molecule has 0 N–H and O–H groups in total. The molecule has 0 fully saturated rings. The van der Waals surface area contributed by atoms with Crippen molar-refractivity contribution in [1.29, 1.82) is 0 Å². The second kappa shape index (κ2) is 34.4. The molecule has 8 heteroatoms. The van der Waals surface area contributed by atoms with Gasteiger partial charge in [0.25, 0.3) is 0 Å². The van der Waals surface area contributed by atoms with Crippen LogP contribution in [0.1, 0.15) is 200 Å². The Hall–Kier alpha value is -1.67. The van der Waals surface area contributed by atoms with E-state index < -0.39 is 18.1 Å². The molecule has 0 bridgehead atoms. The Morgan fingerprint density at radius 1 is 0.520 bits per heavy atom. The number of carbonyl (C=O) groups is 3. The SMILES string of the molecule is CCCCCCCCCCCCCCCC(=O)OC[C@H](COCCC(C(=O)[O-])[N+](C)(C)C)OC(=O)CCCCCCCCCCCCCCC. The summed E-state index contributed by atoms with van der Waals surface area (Å²) < 4.78 is 17.1. The summed E-state index contributed by atoms with van der Waals surface area (Å²) in [6.45, 7) is 4.68. The van der Waals surface area contributed by atoms with Crippen molar-refractivity contribution < 1.29 is 38.2 Å². The highest BCUT2D eigenvalue weighted by Crippen LogP contribution is 2.15. The van der Waals surface area contributed by atoms with Gasteiger partial charge in [-0.2, -0.15) is 0 Å². The van der Waals surface area contributed by atoms with Gasteiger partial charge in [-0.05, 0) is 12.8 Å². The zero-order chi connectivity index (χ0) is 37.1. The third-order valence-electron chi connectivity index (χ3n) is 9.74. The van der Waals surface area contributed by atoms with Gasteiger partial charge in [0.2, 0.25) is 0 Å². The molecule has 0 aliphatic rings. The Labute approximate surface area is 308 Å². The van der Waals surface area contributed by atoms with Crippen molar-refractivity contribution in [1.82, 2.24) is 0 Å². The quantitative estimate of drug-likeness (QED) is 0.0357. The molecular weight excluding hydrogens is 630 g/mol. The van der Waals surface area contributed by atoms with E-state index in [2.05, 4.69) is 13.8 Å². The fourth-order valence-corrected chi connectivity index (χ4v) is 6.42. The highest BCUT2D eigenvalue weighted by Gasteiger charge is 2.25. The van der Waals surface area contributed by atoms with Crippen molar-refractivity contribution in [3.8, 4) is 0 Å². The third-order valence-corrected chi connectivity index (χ3v) is 9.74. The van der Waals surface area contributed by atoms with E-state index in [4.69, 9.17) is 14.2 Å². The maximum Gasteiger partial charge on any atom is 0.306 e. The number of hydrogen-bond donors (Lipinski definition) is 0. The van der Waals surface area contributed by atoms with E-state index in [9.17, 15) is 19.5 Å². The van der Waals surface area contributed by atoms with Crippen LogP contribution in [0.15, 0.2) is 0 Å². The van der Waals surface area contributed by atoms with Crippen LogP contribution in [0.4, 0.5) is 0 Å². The number of ether oxygens (including phenoxy) is 3. The fraction of sp³-hybridized carbons (Fsp3) is 0.929. The lowest BCUT2D eigenvalue weighted by Gasteiger charge is -2.34. The molecule has 0 rings (SSSR count). The molecule has 50 heavy (non-hydrogen) atoms.